The highest BCUT2D eigenvalue weighted by molar-refractivity contribution is 14.1. The topological polar surface area (TPSA) is 55.4 Å². The van der Waals surface area contributed by atoms with E-state index in [0.717, 1.165) is 12.8 Å². The number of rotatable bonds is 5. The molecule has 0 amide bonds. The summed E-state index contributed by atoms with van der Waals surface area (Å²) in [5, 5.41) is 0. The molecule has 1 saturated carbocycles. The number of hydrogen-bond donors (Lipinski definition) is 1. The molecule has 6 heteroatoms. The van der Waals surface area contributed by atoms with Gasteiger partial charge >= 0.3 is 0 Å². The summed E-state index contributed by atoms with van der Waals surface area (Å²) in [7, 11) is -3.21. The molecule has 0 unspecified atom stereocenters. The quantitative estimate of drug-likeness (QED) is 0.773. The highest BCUT2D eigenvalue weighted by Crippen LogP contribution is 2.42. The van der Waals surface area contributed by atoms with E-state index in [2.05, 4.69) is 11.6 Å². The average Bonchev–Trinajstić information content (AvgIpc) is 1.97. The van der Waals surface area contributed by atoms with Gasteiger partial charge in [0.1, 0.15) is 23.0 Å². The SMILES string of the molecule is CC1CC(CS(=O)(=O)NC(C)C)(OI)C1. The van der Waals surface area contributed by atoms with Gasteiger partial charge in [-0.15, -0.1) is 0 Å². The van der Waals surface area contributed by atoms with Gasteiger partial charge in [0.05, 0.1) is 11.4 Å². The summed E-state index contributed by atoms with van der Waals surface area (Å²) in [4.78, 5) is 0. The Bertz CT molecular complexity index is 309. The molecule has 0 spiro atoms. The molecule has 0 aromatic carbocycles. The molecule has 0 atom stereocenters. The van der Waals surface area contributed by atoms with E-state index in [1.54, 1.807) is 0 Å². The predicted molar refractivity (Wildman–Crippen MR) is 68.3 cm³/mol. The molecular weight excluding hydrogens is 329 g/mol. The fourth-order valence-corrected chi connectivity index (χ4v) is 4.68. The smallest absolute Gasteiger partial charge is 0.214 e. The maximum atomic E-state index is 11.7. The summed E-state index contributed by atoms with van der Waals surface area (Å²) < 4.78 is 31.3. The van der Waals surface area contributed by atoms with Gasteiger partial charge in [0.25, 0.3) is 0 Å². The minimum atomic E-state index is -3.21. The van der Waals surface area contributed by atoms with Gasteiger partial charge < -0.3 is 3.07 Å². The van der Waals surface area contributed by atoms with Crippen LogP contribution in [0, 0.1) is 5.92 Å². The summed E-state index contributed by atoms with van der Waals surface area (Å²) in [6.07, 6.45) is 1.66. The Morgan fingerprint density at radius 3 is 2.40 bits per heavy atom. The Labute approximate surface area is 106 Å². The third-order valence-corrected chi connectivity index (χ3v) is 5.14. The number of hydrogen-bond acceptors (Lipinski definition) is 3. The van der Waals surface area contributed by atoms with E-state index in [4.69, 9.17) is 3.07 Å². The van der Waals surface area contributed by atoms with E-state index in [-0.39, 0.29) is 11.8 Å². The lowest BCUT2D eigenvalue weighted by Crippen LogP contribution is -2.51. The number of nitrogens with one attached hydrogen (secondary N) is 1. The van der Waals surface area contributed by atoms with Crippen molar-refractivity contribution in [2.45, 2.75) is 45.3 Å². The Morgan fingerprint density at radius 1 is 1.53 bits per heavy atom. The van der Waals surface area contributed by atoms with Crippen molar-refractivity contribution < 1.29 is 11.5 Å². The Kier molecular flexibility index (Phi) is 4.42. The summed E-state index contributed by atoms with van der Waals surface area (Å²) in [6, 6.07) is -0.0567. The lowest BCUT2D eigenvalue weighted by molar-refractivity contribution is 0.0128. The second-order valence-electron chi connectivity index (χ2n) is 4.81. The fraction of sp³-hybridized carbons (Fsp3) is 1.00. The zero-order valence-corrected chi connectivity index (χ0v) is 12.3. The molecule has 0 aromatic rings. The molecule has 1 N–H and O–H groups in total. The molecule has 1 aliphatic rings. The van der Waals surface area contributed by atoms with E-state index in [0.29, 0.717) is 5.92 Å². The highest BCUT2D eigenvalue weighted by Gasteiger charge is 2.46. The van der Waals surface area contributed by atoms with Crippen molar-refractivity contribution in [3.8, 4) is 0 Å². The minimum absolute atomic E-state index is 0.0567. The normalized spacial score (nSPS) is 31.7. The number of halogens is 1. The van der Waals surface area contributed by atoms with Gasteiger partial charge in [0, 0.05) is 6.04 Å². The van der Waals surface area contributed by atoms with Crippen molar-refractivity contribution in [2.24, 2.45) is 5.92 Å². The standard InChI is InChI=1S/C9H18INO3S/c1-7(2)11-15(12,13)6-9(14-10)4-8(3)5-9/h7-8,11H,4-6H2,1-3H3. The van der Waals surface area contributed by atoms with Gasteiger partial charge in [-0.25, -0.2) is 13.1 Å². The first kappa shape index (κ1) is 13.7. The van der Waals surface area contributed by atoms with Crippen LogP contribution >= 0.6 is 23.0 Å². The summed E-state index contributed by atoms with van der Waals surface area (Å²) in [5.41, 5.74) is -0.458. The van der Waals surface area contributed by atoms with Crippen LogP contribution in [0.2, 0.25) is 0 Å². The van der Waals surface area contributed by atoms with Gasteiger partial charge in [-0.1, -0.05) is 6.92 Å². The molecule has 4 nitrogen and oxygen atoms in total. The fourth-order valence-electron chi connectivity index (χ4n) is 2.16. The van der Waals surface area contributed by atoms with Crippen LogP contribution in [-0.2, 0) is 13.1 Å². The van der Waals surface area contributed by atoms with Crippen LogP contribution in [0.15, 0.2) is 0 Å². The van der Waals surface area contributed by atoms with Gasteiger partial charge in [-0.3, -0.25) is 0 Å². The van der Waals surface area contributed by atoms with Crippen LogP contribution in [0.4, 0.5) is 0 Å². The van der Waals surface area contributed by atoms with E-state index in [1.807, 2.05) is 36.9 Å². The molecule has 90 valence electrons. The molecule has 0 heterocycles. The third kappa shape index (κ3) is 3.83. The van der Waals surface area contributed by atoms with Crippen molar-refractivity contribution >= 4 is 33.0 Å². The van der Waals surface area contributed by atoms with Crippen LogP contribution in [-0.4, -0.2) is 25.8 Å². The molecule has 15 heavy (non-hydrogen) atoms. The molecular formula is C9H18INO3S. The first-order chi connectivity index (χ1) is 6.79. The van der Waals surface area contributed by atoms with Crippen LogP contribution in [0.25, 0.3) is 0 Å². The van der Waals surface area contributed by atoms with Gasteiger partial charge in [-0.05, 0) is 32.6 Å². The Hall–Kier alpha value is 0.600. The van der Waals surface area contributed by atoms with Crippen molar-refractivity contribution in [1.29, 1.82) is 0 Å². The molecule has 0 bridgehead atoms. The minimum Gasteiger partial charge on any atom is -0.308 e. The average molecular weight is 347 g/mol. The summed E-state index contributed by atoms with van der Waals surface area (Å²) in [6.45, 7) is 5.74. The lowest BCUT2D eigenvalue weighted by Gasteiger charge is -2.43. The van der Waals surface area contributed by atoms with Crippen LogP contribution < -0.4 is 4.72 Å². The van der Waals surface area contributed by atoms with Crippen molar-refractivity contribution in [3.63, 3.8) is 0 Å². The summed E-state index contributed by atoms with van der Waals surface area (Å²) >= 11 is 1.81. The second kappa shape index (κ2) is 4.85. The molecule has 0 aromatic heterocycles. The van der Waals surface area contributed by atoms with Gasteiger partial charge in [0.2, 0.25) is 10.0 Å². The first-order valence-corrected chi connectivity index (χ1v) is 7.62. The largest absolute Gasteiger partial charge is 0.308 e. The second-order valence-corrected chi connectivity index (χ2v) is 7.00. The van der Waals surface area contributed by atoms with Crippen LogP contribution in [0.1, 0.15) is 33.6 Å². The predicted octanol–water partition coefficient (Wildman–Crippen LogP) is 1.85. The third-order valence-electron chi connectivity index (χ3n) is 2.47. The maximum Gasteiger partial charge on any atom is 0.214 e. The first-order valence-electron chi connectivity index (χ1n) is 5.08. The Balaban J connectivity index is 2.60. The summed E-state index contributed by atoms with van der Waals surface area (Å²) in [5.74, 6) is 0.639. The zero-order chi connectivity index (χ0) is 11.7. The molecule has 1 rings (SSSR count). The van der Waals surface area contributed by atoms with Crippen molar-refractivity contribution in [3.05, 3.63) is 0 Å². The van der Waals surface area contributed by atoms with E-state index < -0.39 is 15.6 Å². The van der Waals surface area contributed by atoms with Gasteiger partial charge in [0.15, 0.2) is 0 Å². The zero-order valence-electron chi connectivity index (χ0n) is 9.29. The Morgan fingerprint density at radius 2 is 2.07 bits per heavy atom. The van der Waals surface area contributed by atoms with Crippen molar-refractivity contribution in [2.75, 3.05) is 5.75 Å². The molecule has 0 aliphatic heterocycles. The maximum absolute atomic E-state index is 11.7. The van der Waals surface area contributed by atoms with E-state index in [9.17, 15) is 8.42 Å². The molecule has 0 saturated heterocycles. The van der Waals surface area contributed by atoms with Crippen molar-refractivity contribution in [1.82, 2.24) is 4.72 Å². The van der Waals surface area contributed by atoms with E-state index >= 15 is 0 Å². The molecule has 1 aliphatic carbocycles. The molecule has 0 radical (unpaired) electrons. The lowest BCUT2D eigenvalue weighted by atomic mass is 9.73. The van der Waals surface area contributed by atoms with E-state index in [1.165, 1.54) is 0 Å². The monoisotopic (exact) mass is 347 g/mol. The highest BCUT2D eigenvalue weighted by atomic mass is 127. The number of sulfonamides is 1. The van der Waals surface area contributed by atoms with Crippen LogP contribution in [0.3, 0.4) is 0 Å². The molecule has 1 fully saturated rings. The van der Waals surface area contributed by atoms with Gasteiger partial charge in [-0.2, -0.15) is 0 Å². The van der Waals surface area contributed by atoms with Crippen LogP contribution in [0.5, 0.6) is 0 Å².